The Morgan fingerprint density at radius 2 is 2.06 bits per heavy atom. The largest absolute Gasteiger partial charge is 0.461 e. The molecule has 2 aromatic heterocycles. The second-order valence-corrected chi connectivity index (χ2v) is 7.45. The van der Waals surface area contributed by atoms with E-state index >= 15 is 0 Å². The average Bonchev–Trinajstić information content (AvgIpc) is 3.44. The molecule has 3 aromatic rings. The maximum absolute atomic E-state index is 12.8. The third-order valence-corrected chi connectivity index (χ3v) is 5.19. The van der Waals surface area contributed by atoms with Crippen LogP contribution >= 0.6 is 11.8 Å². The zero-order valence-electron chi connectivity index (χ0n) is 17.4. The van der Waals surface area contributed by atoms with E-state index in [2.05, 4.69) is 15.5 Å². The second kappa shape index (κ2) is 10.4. The first-order valence-corrected chi connectivity index (χ1v) is 10.5. The molecular weight excluding hydrogens is 483 g/mol. The number of furan rings is 1. The Hall–Kier alpha value is -3.88. The van der Waals surface area contributed by atoms with Crippen molar-refractivity contribution in [3.05, 3.63) is 52.3 Å². The van der Waals surface area contributed by atoms with E-state index < -0.39 is 46.5 Å². The number of benzene rings is 1. The first-order chi connectivity index (χ1) is 16.1. The first-order valence-electron chi connectivity index (χ1n) is 9.51. The fourth-order valence-electron chi connectivity index (χ4n) is 2.73. The van der Waals surface area contributed by atoms with Crippen molar-refractivity contribution in [1.82, 2.24) is 14.8 Å². The van der Waals surface area contributed by atoms with E-state index in [1.807, 2.05) is 6.92 Å². The molecule has 0 saturated heterocycles. The van der Waals surface area contributed by atoms with Gasteiger partial charge >= 0.3 is 12.1 Å². The van der Waals surface area contributed by atoms with Gasteiger partial charge in [0.15, 0.2) is 23.3 Å². The molecule has 1 N–H and O–H groups in total. The summed E-state index contributed by atoms with van der Waals surface area (Å²) in [7, 11) is 0. The summed E-state index contributed by atoms with van der Waals surface area (Å²) in [5.41, 5.74) is -2.65. The summed E-state index contributed by atoms with van der Waals surface area (Å²) in [4.78, 5) is 34.0. The molecular formula is C19H16F3N5O6S. The number of halogens is 3. The SMILES string of the molecule is CCn1c(SCC(=O)OCC(=O)Nc2ccc(C(F)(F)F)cc2[N+](=O)[O-])nnc1-c1ccco1. The molecule has 0 aliphatic carbocycles. The van der Waals surface area contributed by atoms with Crippen molar-refractivity contribution in [2.24, 2.45) is 0 Å². The number of thioether (sulfide) groups is 1. The van der Waals surface area contributed by atoms with Gasteiger partial charge in [-0.2, -0.15) is 13.2 Å². The van der Waals surface area contributed by atoms with Crippen LogP contribution < -0.4 is 5.32 Å². The number of rotatable bonds is 9. The maximum Gasteiger partial charge on any atom is 0.416 e. The summed E-state index contributed by atoms with van der Waals surface area (Å²) < 4.78 is 50.1. The molecule has 3 rings (SSSR count). The highest BCUT2D eigenvalue weighted by atomic mass is 32.2. The molecule has 15 heteroatoms. The average molecular weight is 499 g/mol. The predicted octanol–water partition coefficient (Wildman–Crippen LogP) is 3.76. The van der Waals surface area contributed by atoms with Gasteiger partial charge in [0.05, 0.1) is 22.5 Å². The van der Waals surface area contributed by atoms with Crippen LogP contribution in [0.2, 0.25) is 0 Å². The van der Waals surface area contributed by atoms with E-state index in [1.54, 1.807) is 16.7 Å². The molecule has 0 saturated carbocycles. The Kier molecular flexibility index (Phi) is 7.55. The summed E-state index contributed by atoms with van der Waals surface area (Å²) in [5.74, 6) is -0.992. The summed E-state index contributed by atoms with van der Waals surface area (Å²) in [6.45, 7) is 1.55. The minimum Gasteiger partial charge on any atom is -0.461 e. The topological polar surface area (TPSA) is 142 Å². The molecule has 2 heterocycles. The van der Waals surface area contributed by atoms with Crippen LogP contribution in [0, 0.1) is 10.1 Å². The van der Waals surface area contributed by atoms with Gasteiger partial charge in [-0.1, -0.05) is 11.8 Å². The van der Waals surface area contributed by atoms with Gasteiger partial charge in [-0.05, 0) is 31.2 Å². The lowest BCUT2D eigenvalue weighted by atomic mass is 10.1. The number of anilines is 1. The minimum atomic E-state index is -4.79. The van der Waals surface area contributed by atoms with Crippen molar-refractivity contribution in [3.8, 4) is 11.6 Å². The van der Waals surface area contributed by atoms with Gasteiger partial charge in [-0.3, -0.25) is 24.3 Å². The van der Waals surface area contributed by atoms with E-state index in [4.69, 9.17) is 9.15 Å². The van der Waals surface area contributed by atoms with Gasteiger partial charge in [0.1, 0.15) is 5.69 Å². The molecule has 0 aliphatic heterocycles. The number of amides is 1. The smallest absolute Gasteiger partial charge is 0.416 e. The Morgan fingerprint density at radius 1 is 1.29 bits per heavy atom. The number of alkyl halides is 3. The molecule has 0 radical (unpaired) electrons. The van der Waals surface area contributed by atoms with E-state index in [9.17, 15) is 32.9 Å². The van der Waals surface area contributed by atoms with Crippen LogP contribution in [0.5, 0.6) is 0 Å². The van der Waals surface area contributed by atoms with E-state index in [1.165, 1.54) is 6.26 Å². The number of ether oxygens (including phenoxy) is 1. The van der Waals surface area contributed by atoms with E-state index in [0.717, 1.165) is 17.8 Å². The zero-order chi connectivity index (χ0) is 24.9. The standard InChI is InChI=1S/C19H16F3N5O6S/c1-2-26-17(14-4-3-7-32-14)24-25-18(26)34-10-16(29)33-9-15(28)23-12-6-5-11(19(20,21)22)8-13(12)27(30)31/h3-8H,2,9-10H2,1H3,(H,23,28). The van der Waals surface area contributed by atoms with Crippen molar-refractivity contribution in [2.75, 3.05) is 17.7 Å². The normalized spacial score (nSPS) is 11.3. The lowest BCUT2D eigenvalue weighted by Crippen LogP contribution is -2.22. The molecule has 180 valence electrons. The van der Waals surface area contributed by atoms with Gasteiger partial charge in [0.2, 0.25) is 0 Å². The van der Waals surface area contributed by atoms with Crippen LogP contribution in [0.1, 0.15) is 12.5 Å². The number of nitro benzene ring substituents is 1. The molecule has 0 aliphatic rings. The highest BCUT2D eigenvalue weighted by Crippen LogP contribution is 2.35. The third kappa shape index (κ3) is 5.92. The number of hydrogen-bond acceptors (Lipinski definition) is 9. The predicted molar refractivity (Wildman–Crippen MR) is 112 cm³/mol. The molecule has 0 fully saturated rings. The minimum absolute atomic E-state index is 0.218. The van der Waals surface area contributed by atoms with Crippen molar-refractivity contribution in [1.29, 1.82) is 0 Å². The highest BCUT2D eigenvalue weighted by molar-refractivity contribution is 7.99. The van der Waals surface area contributed by atoms with Crippen LogP contribution in [-0.2, 0) is 27.0 Å². The molecule has 11 nitrogen and oxygen atoms in total. The van der Waals surface area contributed by atoms with E-state index in [-0.39, 0.29) is 5.75 Å². The number of aromatic nitrogens is 3. The number of hydrogen-bond donors (Lipinski definition) is 1. The fourth-order valence-corrected chi connectivity index (χ4v) is 3.53. The Morgan fingerprint density at radius 3 is 2.68 bits per heavy atom. The molecule has 34 heavy (non-hydrogen) atoms. The van der Waals surface area contributed by atoms with Gasteiger partial charge in [0.25, 0.3) is 11.6 Å². The monoisotopic (exact) mass is 499 g/mol. The van der Waals surface area contributed by atoms with Gasteiger partial charge in [0, 0.05) is 12.6 Å². The fraction of sp³-hybridized carbons (Fsp3) is 0.263. The summed E-state index contributed by atoms with van der Waals surface area (Å²) in [6, 6.07) is 5.05. The number of nitrogens with zero attached hydrogens (tertiary/aromatic N) is 4. The van der Waals surface area contributed by atoms with Crippen molar-refractivity contribution in [2.45, 2.75) is 24.8 Å². The van der Waals surface area contributed by atoms with Crippen LogP contribution in [0.3, 0.4) is 0 Å². The lowest BCUT2D eigenvalue weighted by Gasteiger charge is -2.10. The second-order valence-electron chi connectivity index (χ2n) is 6.51. The molecule has 0 atom stereocenters. The number of nitrogens with one attached hydrogen (secondary N) is 1. The Labute approximate surface area is 193 Å². The van der Waals surface area contributed by atoms with Crippen LogP contribution in [0.4, 0.5) is 24.5 Å². The number of carbonyl (C=O) groups is 2. The van der Waals surface area contributed by atoms with E-state index in [0.29, 0.717) is 35.4 Å². The van der Waals surface area contributed by atoms with Gasteiger partial charge < -0.3 is 14.5 Å². The molecule has 0 spiro atoms. The Balaban J connectivity index is 1.55. The number of nitro groups is 1. The van der Waals surface area contributed by atoms with Crippen molar-refractivity contribution >= 4 is 35.0 Å². The van der Waals surface area contributed by atoms with Crippen LogP contribution in [0.25, 0.3) is 11.6 Å². The van der Waals surface area contributed by atoms with Crippen molar-refractivity contribution < 1.29 is 36.8 Å². The molecule has 1 aromatic carbocycles. The van der Waals surface area contributed by atoms with Crippen molar-refractivity contribution in [3.63, 3.8) is 0 Å². The molecule has 0 unspecified atom stereocenters. The molecule has 1 amide bonds. The zero-order valence-corrected chi connectivity index (χ0v) is 18.2. The first kappa shape index (κ1) is 24.8. The van der Waals surface area contributed by atoms with Crippen LogP contribution in [0.15, 0.2) is 46.2 Å². The Bertz CT molecular complexity index is 1200. The highest BCUT2D eigenvalue weighted by Gasteiger charge is 2.33. The number of esters is 1. The van der Waals surface area contributed by atoms with Gasteiger partial charge in [-0.15, -0.1) is 10.2 Å². The summed E-state index contributed by atoms with van der Waals surface area (Å²) in [6.07, 6.45) is -3.31. The summed E-state index contributed by atoms with van der Waals surface area (Å²) >= 11 is 1.01. The molecule has 0 bridgehead atoms. The lowest BCUT2D eigenvalue weighted by molar-refractivity contribution is -0.384. The van der Waals surface area contributed by atoms with Crippen LogP contribution in [-0.4, -0.2) is 43.9 Å². The third-order valence-electron chi connectivity index (χ3n) is 4.25. The number of carbonyl (C=O) groups excluding carboxylic acids is 2. The maximum atomic E-state index is 12.8. The summed E-state index contributed by atoms with van der Waals surface area (Å²) in [5, 5.41) is 21.6. The quantitative estimate of drug-likeness (QED) is 0.201. The van der Waals surface area contributed by atoms with Gasteiger partial charge in [-0.25, -0.2) is 0 Å².